The van der Waals surface area contributed by atoms with Gasteiger partial charge in [0.2, 0.25) is 5.91 Å². The van der Waals surface area contributed by atoms with Gasteiger partial charge in [0.25, 0.3) is 0 Å². The summed E-state index contributed by atoms with van der Waals surface area (Å²) in [5.74, 6) is 1.79. The van der Waals surface area contributed by atoms with Crippen molar-refractivity contribution >= 4 is 11.6 Å². The molecule has 1 aromatic carbocycles. The number of carbonyl (C=O) groups is 1. The first-order valence-corrected chi connectivity index (χ1v) is 4.80. The van der Waals surface area contributed by atoms with Gasteiger partial charge in [0.05, 0.1) is 13.1 Å². The molecule has 0 bridgehead atoms. The van der Waals surface area contributed by atoms with Crippen LogP contribution in [0.1, 0.15) is 0 Å². The molecule has 0 unspecified atom stereocenters. The minimum absolute atomic E-state index is 0.144. The highest BCUT2D eigenvalue weighted by molar-refractivity contribution is 5.81. The van der Waals surface area contributed by atoms with Gasteiger partial charge in [-0.25, -0.2) is 4.39 Å². The molecule has 0 saturated carbocycles. The topological polar surface area (TPSA) is 32.3 Å². The van der Waals surface area contributed by atoms with Crippen LogP contribution in [0.25, 0.3) is 0 Å². The van der Waals surface area contributed by atoms with Gasteiger partial charge in [0, 0.05) is 12.7 Å². The van der Waals surface area contributed by atoms with Crippen molar-refractivity contribution in [3.63, 3.8) is 0 Å². The van der Waals surface area contributed by atoms with Gasteiger partial charge >= 0.3 is 0 Å². The third-order valence-electron chi connectivity index (χ3n) is 2.02. The number of nitrogens with one attached hydrogen (secondary N) is 1. The lowest BCUT2D eigenvalue weighted by atomic mass is 10.3. The van der Waals surface area contributed by atoms with Crippen molar-refractivity contribution < 1.29 is 9.18 Å². The van der Waals surface area contributed by atoms with Crippen LogP contribution in [0.5, 0.6) is 0 Å². The fraction of sp³-hybridized carbons (Fsp3) is 0.250. The largest absolute Gasteiger partial charge is 0.365 e. The summed E-state index contributed by atoms with van der Waals surface area (Å²) in [5.41, 5.74) is 0.649. The number of amides is 1. The Labute approximate surface area is 94.3 Å². The highest BCUT2D eigenvalue weighted by Crippen LogP contribution is 2.12. The van der Waals surface area contributed by atoms with Crippen LogP contribution in [0.4, 0.5) is 10.1 Å². The van der Waals surface area contributed by atoms with Gasteiger partial charge in [-0.05, 0) is 18.2 Å². The number of hydrogen-bond acceptors (Lipinski definition) is 2. The monoisotopic (exact) mass is 220 g/mol. The lowest BCUT2D eigenvalue weighted by Crippen LogP contribution is -2.35. The van der Waals surface area contributed by atoms with Crippen LogP contribution in [0.3, 0.4) is 0 Å². The van der Waals surface area contributed by atoms with E-state index in [1.54, 1.807) is 24.1 Å². The van der Waals surface area contributed by atoms with Crippen molar-refractivity contribution in [1.29, 1.82) is 0 Å². The number of nitrogens with zero attached hydrogens (tertiary/aromatic N) is 1. The molecular formula is C12H13FN2O. The molecule has 0 saturated heterocycles. The molecule has 4 heteroatoms. The molecule has 3 nitrogen and oxygen atoms in total. The van der Waals surface area contributed by atoms with Crippen molar-refractivity contribution in [3.05, 3.63) is 30.1 Å². The highest BCUT2D eigenvalue weighted by atomic mass is 19.1. The van der Waals surface area contributed by atoms with Crippen LogP contribution in [0.15, 0.2) is 24.3 Å². The first-order chi connectivity index (χ1) is 7.63. The molecule has 0 aliphatic carbocycles. The molecular weight excluding hydrogens is 207 g/mol. The first-order valence-electron chi connectivity index (χ1n) is 4.80. The SMILES string of the molecule is C#CCNC(=O)CN(C)c1cccc(F)c1. The normalized spacial score (nSPS) is 9.31. The highest BCUT2D eigenvalue weighted by Gasteiger charge is 2.06. The predicted octanol–water partition coefficient (Wildman–Crippen LogP) is 1.01. The zero-order valence-electron chi connectivity index (χ0n) is 9.03. The van der Waals surface area contributed by atoms with Gasteiger partial charge in [-0.1, -0.05) is 12.0 Å². The second kappa shape index (κ2) is 5.76. The second-order valence-electron chi connectivity index (χ2n) is 3.32. The summed E-state index contributed by atoms with van der Waals surface area (Å²) in [6, 6.07) is 6.06. The number of anilines is 1. The summed E-state index contributed by atoms with van der Waals surface area (Å²) >= 11 is 0. The maximum Gasteiger partial charge on any atom is 0.240 e. The molecule has 0 spiro atoms. The average molecular weight is 220 g/mol. The van der Waals surface area contributed by atoms with E-state index in [1.165, 1.54) is 12.1 Å². The third kappa shape index (κ3) is 3.62. The minimum Gasteiger partial charge on any atom is -0.365 e. The summed E-state index contributed by atoms with van der Waals surface area (Å²) in [6.45, 7) is 0.348. The van der Waals surface area contributed by atoms with Gasteiger partial charge in [-0.15, -0.1) is 6.42 Å². The van der Waals surface area contributed by atoms with E-state index in [0.717, 1.165) is 0 Å². The summed E-state index contributed by atoms with van der Waals surface area (Å²) < 4.78 is 12.9. The number of carbonyl (C=O) groups excluding carboxylic acids is 1. The van der Waals surface area contributed by atoms with Gasteiger partial charge in [-0.2, -0.15) is 0 Å². The summed E-state index contributed by atoms with van der Waals surface area (Å²) in [7, 11) is 1.71. The summed E-state index contributed by atoms with van der Waals surface area (Å²) in [6.07, 6.45) is 5.01. The van der Waals surface area contributed by atoms with Crippen molar-refractivity contribution in [1.82, 2.24) is 5.32 Å². The van der Waals surface area contributed by atoms with E-state index < -0.39 is 0 Å². The Morgan fingerprint density at radius 1 is 1.62 bits per heavy atom. The second-order valence-corrected chi connectivity index (χ2v) is 3.32. The molecule has 0 fully saturated rings. The number of terminal acetylenes is 1. The smallest absolute Gasteiger partial charge is 0.240 e. The van der Waals surface area contributed by atoms with Gasteiger partial charge in [0.15, 0.2) is 0 Å². The van der Waals surface area contributed by atoms with Gasteiger partial charge in [0.1, 0.15) is 5.82 Å². The Bertz CT molecular complexity index is 412. The quantitative estimate of drug-likeness (QED) is 0.768. The van der Waals surface area contributed by atoms with Crippen molar-refractivity contribution in [2.24, 2.45) is 0 Å². The standard InChI is InChI=1S/C12H13FN2O/c1-3-7-14-12(16)9-15(2)11-6-4-5-10(13)8-11/h1,4-6,8H,7,9H2,2H3,(H,14,16). The van der Waals surface area contributed by atoms with E-state index in [0.29, 0.717) is 5.69 Å². The molecule has 0 heterocycles. The van der Waals surface area contributed by atoms with Gasteiger partial charge in [-0.3, -0.25) is 4.79 Å². The van der Waals surface area contributed by atoms with Crippen LogP contribution in [0.2, 0.25) is 0 Å². The molecule has 0 radical (unpaired) electrons. The Morgan fingerprint density at radius 2 is 2.38 bits per heavy atom. The van der Waals surface area contributed by atoms with E-state index in [2.05, 4.69) is 11.2 Å². The van der Waals surface area contributed by atoms with Crippen molar-refractivity contribution in [2.45, 2.75) is 0 Å². The lowest BCUT2D eigenvalue weighted by molar-refractivity contribution is -0.119. The molecule has 0 aromatic heterocycles. The Balaban J connectivity index is 2.56. The van der Waals surface area contributed by atoms with E-state index in [-0.39, 0.29) is 24.8 Å². The maximum atomic E-state index is 12.9. The van der Waals surface area contributed by atoms with Crippen LogP contribution < -0.4 is 10.2 Å². The molecule has 1 amide bonds. The fourth-order valence-corrected chi connectivity index (χ4v) is 1.23. The predicted molar refractivity (Wildman–Crippen MR) is 61.5 cm³/mol. The molecule has 1 N–H and O–H groups in total. The van der Waals surface area contributed by atoms with Crippen molar-refractivity contribution in [3.8, 4) is 12.3 Å². The lowest BCUT2D eigenvalue weighted by Gasteiger charge is -2.18. The number of likely N-dealkylation sites (N-methyl/N-ethyl adjacent to an activating group) is 1. The summed E-state index contributed by atoms with van der Waals surface area (Å²) in [4.78, 5) is 13.0. The third-order valence-corrected chi connectivity index (χ3v) is 2.02. The first kappa shape index (κ1) is 12.1. The Kier molecular flexibility index (Phi) is 4.34. The summed E-state index contributed by atoms with van der Waals surface area (Å²) in [5, 5.41) is 2.54. The Morgan fingerprint density at radius 3 is 3.00 bits per heavy atom. The molecule has 0 atom stereocenters. The van der Waals surface area contributed by atoms with E-state index >= 15 is 0 Å². The number of benzene rings is 1. The molecule has 0 aliphatic rings. The molecule has 1 rings (SSSR count). The molecule has 16 heavy (non-hydrogen) atoms. The maximum absolute atomic E-state index is 12.9. The van der Waals surface area contributed by atoms with Crippen LogP contribution in [-0.2, 0) is 4.79 Å². The van der Waals surface area contributed by atoms with Crippen LogP contribution >= 0.6 is 0 Å². The van der Waals surface area contributed by atoms with Crippen LogP contribution in [-0.4, -0.2) is 26.0 Å². The average Bonchev–Trinajstić information content (AvgIpc) is 2.26. The van der Waals surface area contributed by atoms with Crippen LogP contribution in [0, 0.1) is 18.2 Å². The zero-order valence-corrected chi connectivity index (χ0v) is 9.03. The van der Waals surface area contributed by atoms with Gasteiger partial charge < -0.3 is 10.2 Å². The number of hydrogen-bond donors (Lipinski definition) is 1. The van der Waals surface area contributed by atoms with E-state index in [9.17, 15) is 9.18 Å². The fourth-order valence-electron chi connectivity index (χ4n) is 1.23. The van der Waals surface area contributed by atoms with E-state index in [4.69, 9.17) is 6.42 Å². The minimum atomic E-state index is -0.326. The zero-order chi connectivity index (χ0) is 12.0. The molecule has 0 aliphatic heterocycles. The Hall–Kier alpha value is -2.02. The van der Waals surface area contributed by atoms with Crippen molar-refractivity contribution in [2.75, 3.05) is 25.0 Å². The van der Waals surface area contributed by atoms with E-state index in [1.807, 2.05) is 0 Å². The molecule has 1 aromatic rings. The molecule has 84 valence electrons. The number of rotatable bonds is 4. The number of halogens is 1.